The van der Waals surface area contributed by atoms with Crippen molar-refractivity contribution in [2.24, 2.45) is 0 Å². The van der Waals surface area contributed by atoms with Gasteiger partial charge in [-0.2, -0.15) is 0 Å². The van der Waals surface area contributed by atoms with E-state index in [9.17, 15) is 0 Å². The van der Waals surface area contributed by atoms with Crippen LogP contribution in [0.1, 0.15) is 39.8 Å². The van der Waals surface area contributed by atoms with E-state index in [0.717, 1.165) is 36.0 Å². The third-order valence-corrected chi connectivity index (χ3v) is 3.69. The topological polar surface area (TPSA) is 28.2 Å². The Balaban J connectivity index is 2.14. The fraction of sp³-hybridized carbons (Fsp3) is 0.562. The molecule has 0 atom stereocenters. The number of nitrogens with one attached hydrogen (secondary N) is 1. The molecule has 1 aromatic heterocycles. The van der Waals surface area contributed by atoms with Gasteiger partial charge in [-0.05, 0) is 46.2 Å². The van der Waals surface area contributed by atoms with Crippen LogP contribution in [0.15, 0.2) is 23.8 Å². The zero-order valence-corrected chi connectivity index (χ0v) is 13.6. The van der Waals surface area contributed by atoms with E-state index in [2.05, 4.69) is 44.0 Å². The van der Waals surface area contributed by atoms with E-state index in [1.807, 2.05) is 12.1 Å². The molecule has 2 rings (SSSR count). The smallest absolute Gasteiger partial charge is 0.129 e. The molecule has 2 heterocycles. The Morgan fingerprint density at radius 2 is 2.10 bits per heavy atom. The number of rotatable bonds is 3. The Labute approximate surface area is 127 Å². The number of anilines is 1. The van der Waals surface area contributed by atoms with Gasteiger partial charge in [-0.25, -0.2) is 4.98 Å². The highest BCUT2D eigenvalue weighted by Gasteiger charge is 2.15. The maximum Gasteiger partial charge on any atom is 0.129 e. The fourth-order valence-electron chi connectivity index (χ4n) is 2.23. The lowest BCUT2D eigenvalue weighted by atomic mass is 10.1. The van der Waals surface area contributed by atoms with Crippen LogP contribution in [0.4, 0.5) is 5.82 Å². The molecule has 1 aliphatic rings. The maximum atomic E-state index is 6.26. The van der Waals surface area contributed by atoms with Crippen LogP contribution in [0.2, 0.25) is 5.02 Å². The highest BCUT2D eigenvalue weighted by molar-refractivity contribution is 6.31. The molecule has 20 heavy (non-hydrogen) atoms. The number of halogens is 1. The largest absolute Gasteiger partial charge is 0.352 e. The van der Waals surface area contributed by atoms with Crippen LogP contribution in [0.3, 0.4) is 0 Å². The standard InChI is InChI=1S/C16H24ClN3/c1-12-6-5-9-20(11-12)15-8-7-13(17)14(19-15)10-18-16(2,3)4/h6-8,18H,5,9-11H2,1-4H3. The lowest BCUT2D eigenvalue weighted by Crippen LogP contribution is -2.35. The molecule has 0 amide bonds. The van der Waals surface area contributed by atoms with Gasteiger partial charge in [0, 0.05) is 25.2 Å². The van der Waals surface area contributed by atoms with Gasteiger partial charge >= 0.3 is 0 Å². The number of pyridine rings is 1. The number of hydrogen-bond donors (Lipinski definition) is 1. The summed E-state index contributed by atoms with van der Waals surface area (Å²) >= 11 is 6.26. The molecule has 0 fully saturated rings. The van der Waals surface area contributed by atoms with Gasteiger partial charge in [0.2, 0.25) is 0 Å². The predicted molar refractivity (Wildman–Crippen MR) is 86.4 cm³/mol. The van der Waals surface area contributed by atoms with Crippen molar-refractivity contribution in [2.75, 3.05) is 18.0 Å². The molecule has 0 spiro atoms. The summed E-state index contributed by atoms with van der Waals surface area (Å²) in [5.41, 5.74) is 2.39. The summed E-state index contributed by atoms with van der Waals surface area (Å²) in [5, 5.41) is 4.17. The molecule has 0 saturated carbocycles. The second-order valence-electron chi connectivity index (χ2n) is 6.46. The van der Waals surface area contributed by atoms with Gasteiger partial charge < -0.3 is 10.2 Å². The average Bonchev–Trinajstić information content (AvgIpc) is 2.37. The second-order valence-corrected chi connectivity index (χ2v) is 6.87. The second kappa shape index (κ2) is 6.15. The molecule has 0 aliphatic carbocycles. The molecule has 1 aromatic rings. The normalized spacial score (nSPS) is 16.2. The first-order chi connectivity index (χ1) is 9.35. The van der Waals surface area contributed by atoms with Crippen LogP contribution < -0.4 is 10.2 Å². The quantitative estimate of drug-likeness (QED) is 0.860. The van der Waals surface area contributed by atoms with Crippen LogP contribution in [0.25, 0.3) is 0 Å². The van der Waals surface area contributed by atoms with Crippen LogP contribution in [-0.2, 0) is 6.54 Å². The van der Waals surface area contributed by atoms with Gasteiger partial charge in [0.1, 0.15) is 5.82 Å². The predicted octanol–water partition coefficient (Wildman–Crippen LogP) is 3.78. The van der Waals surface area contributed by atoms with E-state index < -0.39 is 0 Å². The third kappa shape index (κ3) is 4.22. The van der Waals surface area contributed by atoms with Crippen molar-refractivity contribution in [1.29, 1.82) is 0 Å². The van der Waals surface area contributed by atoms with Crippen LogP contribution >= 0.6 is 11.6 Å². The summed E-state index contributed by atoms with van der Waals surface area (Å²) in [6, 6.07) is 3.97. The molecular weight excluding hydrogens is 270 g/mol. The minimum Gasteiger partial charge on any atom is -0.352 e. The van der Waals surface area contributed by atoms with Gasteiger partial charge in [0.05, 0.1) is 10.7 Å². The Morgan fingerprint density at radius 3 is 2.75 bits per heavy atom. The van der Waals surface area contributed by atoms with Gasteiger partial charge in [-0.15, -0.1) is 0 Å². The molecule has 0 aromatic carbocycles. The molecule has 0 radical (unpaired) electrons. The Bertz CT molecular complexity index is 503. The molecule has 3 nitrogen and oxygen atoms in total. The van der Waals surface area contributed by atoms with E-state index in [4.69, 9.17) is 16.6 Å². The Kier molecular flexibility index (Phi) is 4.71. The SMILES string of the molecule is CC1=CCCN(c2ccc(Cl)c(CNC(C)(C)C)n2)C1. The number of nitrogens with zero attached hydrogens (tertiary/aromatic N) is 2. The van der Waals surface area contributed by atoms with Crippen molar-refractivity contribution in [3.05, 3.63) is 34.5 Å². The molecule has 1 N–H and O–H groups in total. The van der Waals surface area contributed by atoms with Gasteiger partial charge in [-0.3, -0.25) is 0 Å². The van der Waals surface area contributed by atoms with Crippen molar-refractivity contribution in [3.63, 3.8) is 0 Å². The van der Waals surface area contributed by atoms with Crippen molar-refractivity contribution >= 4 is 17.4 Å². The van der Waals surface area contributed by atoms with E-state index in [1.54, 1.807) is 0 Å². The zero-order chi connectivity index (χ0) is 14.8. The minimum atomic E-state index is 0.0610. The minimum absolute atomic E-state index is 0.0610. The summed E-state index contributed by atoms with van der Waals surface area (Å²) in [4.78, 5) is 7.05. The van der Waals surface area contributed by atoms with Crippen LogP contribution in [0, 0.1) is 0 Å². The van der Waals surface area contributed by atoms with E-state index in [-0.39, 0.29) is 5.54 Å². The van der Waals surface area contributed by atoms with Gasteiger partial charge in [-0.1, -0.05) is 23.3 Å². The first-order valence-electron chi connectivity index (χ1n) is 7.16. The van der Waals surface area contributed by atoms with E-state index in [0.29, 0.717) is 6.54 Å². The summed E-state index contributed by atoms with van der Waals surface area (Å²) in [6.45, 7) is 11.3. The lowest BCUT2D eigenvalue weighted by molar-refractivity contribution is 0.421. The molecule has 1 aliphatic heterocycles. The summed E-state index contributed by atoms with van der Waals surface area (Å²) in [5.74, 6) is 1.02. The molecule has 0 bridgehead atoms. The molecule has 0 unspecified atom stereocenters. The number of aromatic nitrogens is 1. The summed E-state index contributed by atoms with van der Waals surface area (Å²) < 4.78 is 0. The van der Waals surface area contributed by atoms with E-state index >= 15 is 0 Å². The number of hydrogen-bond acceptors (Lipinski definition) is 3. The Morgan fingerprint density at radius 1 is 1.35 bits per heavy atom. The molecule has 0 saturated heterocycles. The highest BCUT2D eigenvalue weighted by Crippen LogP contribution is 2.22. The lowest BCUT2D eigenvalue weighted by Gasteiger charge is -2.28. The van der Waals surface area contributed by atoms with Crippen molar-refractivity contribution in [2.45, 2.75) is 46.2 Å². The van der Waals surface area contributed by atoms with Gasteiger partial charge in [0.25, 0.3) is 0 Å². The van der Waals surface area contributed by atoms with Crippen molar-refractivity contribution < 1.29 is 0 Å². The highest BCUT2D eigenvalue weighted by atomic mass is 35.5. The fourth-order valence-corrected chi connectivity index (χ4v) is 2.40. The average molecular weight is 294 g/mol. The van der Waals surface area contributed by atoms with Crippen molar-refractivity contribution in [3.8, 4) is 0 Å². The molecule has 110 valence electrons. The molecule has 4 heteroatoms. The van der Waals surface area contributed by atoms with E-state index in [1.165, 1.54) is 5.57 Å². The summed E-state index contributed by atoms with van der Waals surface area (Å²) in [6.07, 6.45) is 3.39. The molecular formula is C16H24ClN3. The monoisotopic (exact) mass is 293 g/mol. The van der Waals surface area contributed by atoms with Crippen LogP contribution in [-0.4, -0.2) is 23.6 Å². The Hall–Kier alpha value is -1.06. The zero-order valence-electron chi connectivity index (χ0n) is 12.8. The van der Waals surface area contributed by atoms with Crippen molar-refractivity contribution in [1.82, 2.24) is 10.3 Å². The van der Waals surface area contributed by atoms with Gasteiger partial charge in [0.15, 0.2) is 0 Å². The first kappa shape index (κ1) is 15.3. The third-order valence-electron chi connectivity index (χ3n) is 3.35. The maximum absolute atomic E-state index is 6.26. The summed E-state index contributed by atoms with van der Waals surface area (Å²) in [7, 11) is 0. The first-order valence-corrected chi connectivity index (χ1v) is 7.54. The van der Waals surface area contributed by atoms with Crippen LogP contribution in [0.5, 0.6) is 0 Å².